The minimum Gasteiger partial charge on any atom is -0.456 e. The second kappa shape index (κ2) is 12.6. The Morgan fingerprint density at radius 3 is 1.84 bits per heavy atom. The van der Waals surface area contributed by atoms with Crippen LogP contribution < -0.4 is 4.90 Å². The lowest BCUT2D eigenvalue weighted by Gasteiger charge is -2.26. The van der Waals surface area contributed by atoms with Crippen molar-refractivity contribution in [3.63, 3.8) is 0 Å². The van der Waals surface area contributed by atoms with E-state index < -0.39 is 0 Å². The third-order valence-electron chi connectivity index (χ3n) is 10.7. The van der Waals surface area contributed by atoms with E-state index in [1.807, 2.05) is 42.5 Å². The van der Waals surface area contributed by atoms with Crippen LogP contribution in [0.3, 0.4) is 0 Å². The number of fused-ring (bicyclic) bond motifs is 8. The lowest BCUT2D eigenvalue weighted by atomic mass is 9.90. The highest BCUT2D eigenvalue weighted by Crippen LogP contribution is 2.45. The second-order valence-corrected chi connectivity index (χ2v) is 13.9. The van der Waals surface area contributed by atoms with E-state index in [1.165, 1.54) is 11.1 Å². The van der Waals surface area contributed by atoms with E-state index in [-0.39, 0.29) is 0 Å². The summed E-state index contributed by atoms with van der Waals surface area (Å²) in [5.74, 6) is 0.622. The number of benzene rings is 9. The van der Waals surface area contributed by atoms with Crippen molar-refractivity contribution in [1.82, 2.24) is 4.98 Å². The highest BCUT2D eigenvalue weighted by Gasteiger charge is 2.20. The zero-order chi connectivity index (χ0) is 36.3. The van der Waals surface area contributed by atoms with Gasteiger partial charge in [-0.05, 0) is 99.6 Å². The standard InChI is InChI=1S/C51H32N2O2/c1-4-12-33(13-5-1)41-29-31-46-49(42-18-10-11-19-45(42)54-46)47(41)35-23-26-39(27-24-35)53(38-16-8-3-9-17-38)40-28-22-34-20-21-36-25-30-44-50(48(36)43(34)32-40)55-51(52-44)37-14-6-2-7-15-37/h1-32H. The molecule has 11 rings (SSSR count). The molecule has 0 saturated heterocycles. The van der Waals surface area contributed by atoms with Crippen LogP contribution in [0.4, 0.5) is 17.1 Å². The number of oxazole rings is 1. The molecule has 0 aliphatic rings. The predicted molar refractivity (Wildman–Crippen MR) is 227 cm³/mol. The summed E-state index contributed by atoms with van der Waals surface area (Å²) >= 11 is 0. The molecule has 0 radical (unpaired) electrons. The monoisotopic (exact) mass is 704 g/mol. The van der Waals surface area contributed by atoms with E-state index in [2.05, 4.69) is 157 Å². The molecule has 4 heteroatoms. The smallest absolute Gasteiger partial charge is 0.227 e. The zero-order valence-corrected chi connectivity index (χ0v) is 29.7. The van der Waals surface area contributed by atoms with Gasteiger partial charge in [0, 0.05) is 44.3 Å². The molecule has 0 atom stereocenters. The first kappa shape index (κ1) is 31.1. The summed E-state index contributed by atoms with van der Waals surface area (Å²) in [6.45, 7) is 0. The van der Waals surface area contributed by atoms with Gasteiger partial charge in [-0.15, -0.1) is 0 Å². The molecule has 0 aliphatic heterocycles. The molecule has 0 amide bonds. The van der Waals surface area contributed by atoms with E-state index in [0.717, 1.165) is 88.3 Å². The van der Waals surface area contributed by atoms with E-state index in [1.54, 1.807) is 0 Å². The van der Waals surface area contributed by atoms with Gasteiger partial charge < -0.3 is 13.7 Å². The van der Waals surface area contributed by atoms with Crippen molar-refractivity contribution in [3.05, 3.63) is 194 Å². The number of rotatable bonds is 6. The Kier molecular flexibility index (Phi) is 7.14. The maximum atomic E-state index is 6.56. The molecule has 2 aromatic heterocycles. The molecule has 9 aromatic carbocycles. The number of hydrogen-bond donors (Lipinski definition) is 0. The normalized spacial score (nSPS) is 11.6. The van der Waals surface area contributed by atoms with Crippen LogP contribution in [0, 0.1) is 0 Å². The Morgan fingerprint density at radius 2 is 1.04 bits per heavy atom. The molecule has 55 heavy (non-hydrogen) atoms. The molecule has 0 unspecified atom stereocenters. The first-order chi connectivity index (χ1) is 27.3. The molecule has 0 saturated carbocycles. The van der Waals surface area contributed by atoms with Gasteiger partial charge in [0.25, 0.3) is 0 Å². The highest BCUT2D eigenvalue weighted by atomic mass is 16.3. The maximum absolute atomic E-state index is 6.56. The van der Waals surface area contributed by atoms with Crippen LogP contribution in [0.1, 0.15) is 0 Å². The van der Waals surface area contributed by atoms with Gasteiger partial charge in [-0.1, -0.05) is 127 Å². The lowest BCUT2D eigenvalue weighted by Crippen LogP contribution is -2.09. The number of aromatic nitrogens is 1. The Hall–Kier alpha value is -7.43. The van der Waals surface area contributed by atoms with E-state index >= 15 is 0 Å². The second-order valence-electron chi connectivity index (χ2n) is 13.9. The Labute approximate surface area is 317 Å². The fourth-order valence-electron chi connectivity index (χ4n) is 8.13. The molecule has 4 nitrogen and oxygen atoms in total. The van der Waals surface area contributed by atoms with Crippen molar-refractivity contribution in [2.45, 2.75) is 0 Å². The third kappa shape index (κ3) is 5.19. The fourth-order valence-corrected chi connectivity index (χ4v) is 8.13. The molecule has 0 bridgehead atoms. The van der Waals surface area contributed by atoms with Gasteiger partial charge in [0.15, 0.2) is 5.58 Å². The van der Waals surface area contributed by atoms with Crippen LogP contribution in [0.15, 0.2) is 203 Å². The van der Waals surface area contributed by atoms with Gasteiger partial charge in [-0.3, -0.25) is 0 Å². The van der Waals surface area contributed by atoms with Gasteiger partial charge in [-0.25, -0.2) is 4.98 Å². The molecule has 0 fully saturated rings. The van der Waals surface area contributed by atoms with Gasteiger partial charge in [0.05, 0.1) is 0 Å². The SMILES string of the molecule is c1ccc(-c2nc3ccc4ccc5ccc(N(c6ccccc6)c6ccc(-c7c(-c8ccccc8)ccc8oc9ccccc9c78)cc6)cc5c4c3o2)cc1. The predicted octanol–water partition coefficient (Wildman–Crippen LogP) is 14.5. The van der Waals surface area contributed by atoms with Crippen LogP contribution in [0.5, 0.6) is 0 Å². The Bertz CT molecular complexity index is 3180. The number of anilines is 3. The minimum atomic E-state index is 0.622. The molecule has 2 heterocycles. The summed E-state index contributed by atoms with van der Waals surface area (Å²) in [5.41, 5.74) is 12.2. The van der Waals surface area contributed by atoms with Crippen molar-refractivity contribution in [1.29, 1.82) is 0 Å². The molecule has 11 aromatic rings. The number of nitrogens with zero attached hydrogens (tertiary/aromatic N) is 2. The van der Waals surface area contributed by atoms with Crippen LogP contribution in [0.25, 0.3) is 88.3 Å². The summed E-state index contributed by atoms with van der Waals surface area (Å²) in [7, 11) is 0. The zero-order valence-electron chi connectivity index (χ0n) is 29.7. The fraction of sp³-hybridized carbons (Fsp3) is 0. The Balaban J connectivity index is 1.09. The highest BCUT2D eigenvalue weighted by molar-refractivity contribution is 6.19. The van der Waals surface area contributed by atoms with Crippen molar-refractivity contribution < 1.29 is 8.83 Å². The summed E-state index contributed by atoms with van der Waals surface area (Å²) < 4.78 is 12.9. The molecule has 0 N–H and O–H groups in total. The van der Waals surface area contributed by atoms with E-state index in [9.17, 15) is 0 Å². The van der Waals surface area contributed by atoms with E-state index in [4.69, 9.17) is 13.8 Å². The minimum absolute atomic E-state index is 0.622. The van der Waals surface area contributed by atoms with Gasteiger partial charge in [-0.2, -0.15) is 0 Å². The number of furan rings is 1. The number of hydrogen-bond acceptors (Lipinski definition) is 4. The molecular weight excluding hydrogens is 673 g/mol. The summed E-state index contributed by atoms with van der Waals surface area (Å²) in [4.78, 5) is 7.22. The molecule has 258 valence electrons. The van der Waals surface area contributed by atoms with Crippen LogP contribution in [-0.2, 0) is 0 Å². The van der Waals surface area contributed by atoms with Crippen LogP contribution in [0.2, 0.25) is 0 Å². The van der Waals surface area contributed by atoms with Gasteiger partial charge in [0.1, 0.15) is 16.7 Å². The van der Waals surface area contributed by atoms with Crippen LogP contribution >= 0.6 is 0 Å². The molecular formula is C51H32N2O2. The summed E-state index contributed by atoms with van der Waals surface area (Å²) in [6.07, 6.45) is 0. The van der Waals surface area contributed by atoms with Crippen molar-refractivity contribution >= 4 is 71.6 Å². The number of para-hydroxylation sites is 2. The van der Waals surface area contributed by atoms with Crippen molar-refractivity contribution in [3.8, 4) is 33.7 Å². The first-order valence-electron chi connectivity index (χ1n) is 18.5. The molecule has 0 aliphatic carbocycles. The average Bonchev–Trinajstić information content (AvgIpc) is 3.87. The maximum Gasteiger partial charge on any atom is 0.227 e. The van der Waals surface area contributed by atoms with Crippen molar-refractivity contribution in [2.75, 3.05) is 4.90 Å². The van der Waals surface area contributed by atoms with Crippen LogP contribution in [-0.4, -0.2) is 4.98 Å². The first-order valence-corrected chi connectivity index (χ1v) is 18.5. The van der Waals surface area contributed by atoms with Gasteiger partial charge in [0.2, 0.25) is 5.89 Å². The Morgan fingerprint density at radius 1 is 0.400 bits per heavy atom. The van der Waals surface area contributed by atoms with Crippen molar-refractivity contribution in [2.24, 2.45) is 0 Å². The lowest BCUT2D eigenvalue weighted by molar-refractivity contribution is 0.623. The quantitative estimate of drug-likeness (QED) is 0.162. The average molecular weight is 705 g/mol. The van der Waals surface area contributed by atoms with Gasteiger partial charge >= 0.3 is 0 Å². The topological polar surface area (TPSA) is 42.4 Å². The summed E-state index contributed by atoms with van der Waals surface area (Å²) in [5, 5.41) is 6.65. The molecule has 0 spiro atoms. The largest absolute Gasteiger partial charge is 0.456 e. The summed E-state index contributed by atoms with van der Waals surface area (Å²) in [6, 6.07) is 68.1. The third-order valence-corrected chi connectivity index (χ3v) is 10.7. The van der Waals surface area contributed by atoms with E-state index in [0.29, 0.717) is 5.89 Å².